The molecule has 0 saturated carbocycles. The van der Waals surface area contributed by atoms with E-state index in [2.05, 4.69) is 50.2 Å². The van der Waals surface area contributed by atoms with Crippen LogP contribution in [0.2, 0.25) is 0 Å². The normalized spacial score (nSPS) is 20.1. The van der Waals surface area contributed by atoms with Crippen LogP contribution in [0.3, 0.4) is 0 Å². The largest absolute Gasteiger partial charge is 0.376 e. The van der Waals surface area contributed by atoms with Gasteiger partial charge in [0, 0.05) is 11.1 Å². The Labute approximate surface area is 228 Å². The average molecular weight is 507 g/mol. The van der Waals surface area contributed by atoms with Crippen molar-refractivity contribution in [2.75, 3.05) is 0 Å². The second-order valence-corrected chi connectivity index (χ2v) is 11.0. The van der Waals surface area contributed by atoms with Crippen LogP contribution < -0.4 is 0 Å². The van der Waals surface area contributed by atoms with Crippen LogP contribution in [0.4, 0.5) is 0 Å². The summed E-state index contributed by atoms with van der Waals surface area (Å²) in [7, 11) is 0. The number of fused-ring (bicyclic) bond motifs is 4. The first-order chi connectivity index (χ1) is 18.8. The Hall–Kier alpha value is -4.24. The third kappa shape index (κ3) is 3.16. The van der Waals surface area contributed by atoms with Crippen molar-refractivity contribution >= 4 is 21.5 Å². The highest BCUT2D eigenvalue weighted by atomic mass is 16.3. The third-order valence-corrected chi connectivity index (χ3v) is 8.73. The highest BCUT2D eigenvalue weighted by Crippen LogP contribution is 2.55. The van der Waals surface area contributed by atoms with E-state index >= 15 is 0 Å². The van der Waals surface area contributed by atoms with Gasteiger partial charge in [0.1, 0.15) is 11.2 Å². The summed E-state index contributed by atoms with van der Waals surface area (Å²) in [6.45, 7) is 6.24. The van der Waals surface area contributed by atoms with Gasteiger partial charge in [0.15, 0.2) is 0 Å². The minimum absolute atomic E-state index is 0.697. The van der Waals surface area contributed by atoms with E-state index in [1.165, 1.54) is 0 Å². The van der Waals surface area contributed by atoms with Crippen molar-refractivity contribution in [2.45, 2.75) is 32.0 Å². The van der Waals surface area contributed by atoms with Crippen LogP contribution in [0.1, 0.15) is 50.1 Å². The maximum atomic E-state index is 13.1. The van der Waals surface area contributed by atoms with Crippen LogP contribution in [0.25, 0.3) is 21.5 Å². The van der Waals surface area contributed by atoms with Gasteiger partial charge in [-0.05, 0) is 75.7 Å². The Morgan fingerprint density at radius 3 is 1.28 bits per heavy atom. The summed E-state index contributed by atoms with van der Waals surface area (Å²) in [5, 5.41) is 30.4. The van der Waals surface area contributed by atoms with Crippen molar-refractivity contribution < 1.29 is 10.2 Å². The van der Waals surface area contributed by atoms with Crippen LogP contribution in [0, 0.1) is 20.8 Å². The lowest BCUT2D eigenvalue weighted by Gasteiger charge is -2.46. The molecule has 2 unspecified atom stereocenters. The molecule has 2 N–H and O–H groups in total. The molecule has 0 spiro atoms. The molecule has 39 heavy (non-hydrogen) atoms. The Morgan fingerprint density at radius 2 is 0.769 bits per heavy atom. The standard InChI is InChI=1S/C37H30O2/c1-23-16-19-34-35(22-23)37(39,31-21-18-25(3)27-11-5-7-13-29(27)31)33-15-9-8-14-32(33)36(34,38)30-20-17-24(2)26-10-4-6-12-28(26)30/h4-22,38-39H,1-3H3. The molecule has 6 aromatic rings. The molecule has 7 rings (SSSR count). The summed E-state index contributed by atoms with van der Waals surface area (Å²) in [6, 6.07) is 38.7. The van der Waals surface area contributed by atoms with Crippen molar-refractivity contribution in [1.82, 2.24) is 0 Å². The molecule has 0 fully saturated rings. The summed E-state index contributed by atoms with van der Waals surface area (Å²) in [5.41, 5.74) is 4.87. The van der Waals surface area contributed by atoms with Crippen molar-refractivity contribution in [3.63, 3.8) is 0 Å². The van der Waals surface area contributed by atoms with E-state index in [1.54, 1.807) is 0 Å². The van der Waals surface area contributed by atoms with Crippen molar-refractivity contribution in [1.29, 1.82) is 0 Å². The van der Waals surface area contributed by atoms with E-state index in [9.17, 15) is 10.2 Å². The Bertz CT molecular complexity index is 1930. The molecule has 2 nitrogen and oxygen atoms in total. The molecule has 6 aromatic carbocycles. The van der Waals surface area contributed by atoms with Crippen molar-refractivity contribution in [3.8, 4) is 0 Å². The lowest BCUT2D eigenvalue weighted by Crippen LogP contribution is -2.44. The minimum atomic E-state index is -1.46. The molecule has 0 heterocycles. The predicted molar refractivity (Wildman–Crippen MR) is 159 cm³/mol. The molecule has 0 bridgehead atoms. The van der Waals surface area contributed by atoms with Crippen LogP contribution in [-0.4, -0.2) is 10.2 Å². The van der Waals surface area contributed by atoms with E-state index in [1.807, 2.05) is 85.8 Å². The SMILES string of the molecule is Cc1ccc2c(c1)C(O)(c1ccc(C)c3ccccc13)c1ccccc1C2(O)c1ccc(C)c2ccccc12. The number of hydrogen-bond donors (Lipinski definition) is 2. The van der Waals surface area contributed by atoms with Crippen molar-refractivity contribution in [2.24, 2.45) is 0 Å². The van der Waals surface area contributed by atoms with Crippen molar-refractivity contribution in [3.05, 3.63) is 165 Å². The summed E-state index contributed by atoms with van der Waals surface area (Å²) in [6.07, 6.45) is 0. The molecular weight excluding hydrogens is 476 g/mol. The van der Waals surface area contributed by atoms with Crippen LogP contribution in [0.15, 0.2) is 115 Å². The second-order valence-electron chi connectivity index (χ2n) is 11.0. The lowest BCUT2D eigenvalue weighted by atomic mass is 9.62. The molecular formula is C37H30O2. The van der Waals surface area contributed by atoms with Crippen LogP contribution in [0.5, 0.6) is 0 Å². The number of aliphatic hydroxyl groups is 2. The highest BCUT2D eigenvalue weighted by Gasteiger charge is 2.51. The molecule has 0 saturated heterocycles. The topological polar surface area (TPSA) is 40.5 Å². The quantitative estimate of drug-likeness (QED) is 0.252. The van der Waals surface area contributed by atoms with Gasteiger partial charge in [-0.2, -0.15) is 0 Å². The number of hydrogen-bond acceptors (Lipinski definition) is 2. The smallest absolute Gasteiger partial charge is 0.141 e. The van der Waals surface area contributed by atoms with Gasteiger partial charge in [-0.3, -0.25) is 0 Å². The molecule has 190 valence electrons. The number of rotatable bonds is 2. The second kappa shape index (κ2) is 8.38. The molecule has 0 amide bonds. The van der Waals surface area contributed by atoms with E-state index in [-0.39, 0.29) is 0 Å². The fourth-order valence-corrected chi connectivity index (χ4v) is 6.79. The summed E-state index contributed by atoms with van der Waals surface area (Å²) in [5.74, 6) is 0. The van der Waals surface area contributed by atoms with Gasteiger partial charge in [0.05, 0.1) is 0 Å². The molecule has 0 aliphatic heterocycles. The third-order valence-electron chi connectivity index (χ3n) is 8.73. The van der Waals surface area contributed by atoms with Gasteiger partial charge in [-0.15, -0.1) is 0 Å². The average Bonchev–Trinajstić information content (AvgIpc) is 2.96. The molecule has 2 atom stereocenters. The Kier molecular flexibility index (Phi) is 5.12. The molecule has 1 aliphatic carbocycles. The van der Waals surface area contributed by atoms with Gasteiger partial charge < -0.3 is 10.2 Å². The summed E-state index contributed by atoms with van der Waals surface area (Å²) in [4.78, 5) is 0. The number of benzene rings is 6. The fraction of sp³-hybridized carbons (Fsp3) is 0.135. The van der Waals surface area contributed by atoms with Gasteiger partial charge >= 0.3 is 0 Å². The summed E-state index contributed by atoms with van der Waals surface area (Å²) < 4.78 is 0. The zero-order valence-corrected chi connectivity index (χ0v) is 22.4. The zero-order valence-electron chi connectivity index (χ0n) is 22.4. The first kappa shape index (κ1) is 23.8. The van der Waals surface area contributed by atoms with Gasteiger partial charge in [0.25, 0.3) is 0 Å². The van der Waals surface area contributed by atoms with Gasteiger partial charge in [-0.1, -0.05) is 121 Å². The van der Waals surface area contributed by atoms with E-state index in [0.29, 0.717) is 22.3 Å². The Morgan fingerprint density at radius 1 is 0.385 bits per heavy atom. The van der Waals surface area contributed by atoms with Gasteiger partial charge in [0.2, 0.25) is 0 Å². The minimum Gasteiger partial charge on any atom is -0.376 e. The first-order valence-electron chi connectivity index (χ1n) is 13.5. The van der Waals surface area contributed by atoms with E-state index in [4.69, 9.17) is 0 Å². The van der Waals surface area contributed by atoms with E-state index in [0.717, 1.165) is 49.4 Å². The summed E-state index contributed by atoms with van der Waals surface area (Å²) >= 11 is 0. The maximum absolute atomic E-state index is 13.1. The molecule has 1 aliphatic rings. The highest BCUT2D eigenvalue weighted by molar-refractivity contribution is 5.93. The van der Waals surface area contributed by atoms with Crippen LogP contribution in [-0.2, 0) is 11.2 Å². The molecule has 2 heteroatoms. The maximum Gasteiger partial charge on any atom is 0.141 e. The number of aryl methyl sites for hydroxylation is 3. The fourth-order valence-electron chi connectivity index (χ4n) is 6.79. The Balaban J connectivity index is 1.64. The first-order valence-corrected chi connectivity index (χ1v) is 13.5. The molecule has 0 radical (unpaired) electrons. The zero-order chi connectivity index (χ0) is 26.9. The molecule has 0 aromatic heterocycles. The predicted octanol–water partition coefficient (Wildman–Crippen LogP) is 7.80. The van der Waals surface area contributed by atoms with E-state index < -0.39 is 11.2 Å². The van der Waals surface area contributed by atoms with Gasteiger partial charge in [-0.25, -0.2) is 0 Å². The lowest BCUT2D eigenvalue weighted by molar-refractivity contribution is 0.0763. The monoisotopic (exact) mass is 506 g/mol. The van der Waals surface area contributed by atoms with Crippen LogP contribution >= 0.6 is 0 Å².